The van der Waals surface area contributed by atoms with Crippen molar-refractivity contribution < 1.29 is 22.6 Å². The van der Waals surface area contributed by atoms with Gasteiger partial charge in [-0.25, -0.2) is 23.4 Å². The predicted molar refractivity (Wildman–Crippen MR) is 203 cm³/mol. The fourth-order valence-electron chi connectivity index (χ4n) is 6.99. The fraction of sp³-hybridized carbons (Fsp3) is 0.583. The lowest BCUT2D eigenvalue weighted by atomic mass is 9.93. The fourth-order valence-corrected chi connectivity index (χ4v) is 7.84. The smallest absolute Gasteiger partial charge is 0.232 e. The molecule has 0 bridgehead atoms. The van der Waals surface area contributed by atoms with Gasteiger partial charge in [0.15, 0.2) is 5.75 Å². The van der Waals surface area contributed by atoms with Gasteiger partial charge in [-0.2, -0.15) is 4.98 Å². The van der Waals surface area contributed by atoms with Crippen molar-refractivity contribution in [2.75, 3.05) is 93.5 Å². The summed E-state index contributed by atoms with van der Waals surface area (Å²) in [6, 6.07) is 3.97. The molecule has 0 spiro atoms. The maximum absolute atomic E-state index is 13.1. The van der Waals surface area contributed by atoms with E-state index < -0.39 is 10.0 Å². The molecule has 3 aliphatic rings. The number of nitrogens with one attached hydrogen (secondary N) is 1. The minimum Gasteiger partial charge on any atom is -0.489 e. The number of pyridine rings is 2. The third-order valence-corrected chi connectivity index (χ3v) is 11.6. The molecule has 6 heterocycles. The molecule has 286 valence electrons. The monoisotopic (exact) mass is 749 g/mol. The number of fused-ring (bicyclic) bond motifs is 1. The first-order valence-electron chi connectivity index (χ1n) is 18.5. The van der Waals surface area contributed by atoms with Crippen LogP contribution in [-0.4, -0.2) is 139 Å². The van der Waals surface area contributed by atoms with Crippen molar-refractivity contribution in [3.05, 3.63) is 48.4 Å². The summed E-state index contributed by atoms with van der Waals surface area (Å²) in [5.41, 5.74) is 1.88. The van der Waals surface area contributed by atoms with Crippen LogP contribution in [0, 0.1) is 6.92 Å². The highest BCUT2D eigenvalue weighted by molar-refractivity contribution is 7.92. The number of imidazole rings is 1. The van der Waals surface area contributed by atoms with Gasteiger partial charge in [-0.05, 0) is 45.7 Å². The summed E-state index contributed by atoms with van der Waals surface area (Å²) in [4.78, 5) is 30.1. The number of nitrogens with zero attached hydrogens (tertiary/aromatic N) is 10. The molecule has 0 aromatic carbocycles. The number of sulfonamides is 1. The molecule has 1 N–H and O–H groups in total. The van der Waals surface area contributed by atoms with Crippen molar-refractivity contribution in [1.29, 1.82) is 0 Å². The Morgan fingerprint density at radius 1 is 0.925 bits per heavy atom. The lowest BCUT2D eigenvalue weighted by Gasteiger charge is -2.32. The molecule has 0 atom stereocenters. The number of ether oxygens (including phenoxy) is 3. The molecule has 0 unspecified atom stereocenters. The van der Waals surface area contributed by atoms with Gasteiger partial charge in [-0.1, -0.05) is 0 Å². The van der Waals surface area contributed by atoms with Crippen LogP contribution in [0.1, 0.15) is 37.2 Å². The van der Waals surface area contributed by atoms with E-state index in [1.807, 2.05) is 30.7 Å². The van der Waals surface area contributed by atoms with Gasteiger partial charge in [0, 0.05) is 65.0 Å². The molecule has 17 heteroatoms. The number of aromatic nitrogens is 6. The SMILES string of the molecule is Cc1ncc(CN(c2cnc3cc(N4CCOCC4)nc(O[C@H]4CC[C@@H](Nc5ncc(OCCN6CCN(C)CC6)cn5)CC4)c3c2)S(C)(=O)=O)n1C. The second-order valence-corrected chi connectivity index (χ2v) is 16.1. The summed E-state index contributed by atoms with van der Waals surface area (Å²) in [6.45, 7) is 10.5. The van der Waals surface area contributed by atoms with E-state index in [2.05, 4.69) is 42.0 Å². The number of rotatable bonds is 13. The Labute approximate surface area is 311 Å². The Morgan fingerprint density at radius 3 is 2.34 bits per heavy atom. The average molecular weight is 750 g/mol. The van der Waals surface area contributed by atoms with Gasteiger partial charge < -0.3 is 33.9 Å². The Hall–Kier alpha value is -4.32. The maximum atomic E-state index is 13.1. The average Bonchev–Trinajstić information content (AvgIpc) is 3.48. The summed E-state index contributed by atoms with van der Waals surface area (Å²) in [5.74, 6) is 3.27. The largest absolute Gasteiger partial charge is 0.489 e. The normalized spacial score (nSPS) is 20.4. The van der Waals surface area contributed by atoms with E-state index in [4.69, 9.17) is 24.2 Å². The first kappa shape index (κ1) is 37.0. The highest BCUT2D eigenvalue weighted by Gasteiger charge is 2.27. The van der Waals surface area contributed by atoms with Gasteiger partial charge in [0.1, 0.15) is 24.4 Å². The van der Waals surface area contributed by atoms with Crippen LogP contribution in [-0.2, 0) is 28.4 Å². The van der Waals surface area contributed by atoms with Crippen molar-refractivity contribution in [3.8, 4) is 11.6 Å². The predicted octanol–water partition coefficient (Wildman–Crippen LogP) is 2.69. The molecule has 4 aromatic heterocycles. The van der Waals surface area contributed by atoms with Crippen LogP contribution in [0.25, 0.3) is 10.9 Å². The van der Waals surface area contributed by atoms with Gasteiger partial charge in [0.05, 0.1) is 73.1 Å². The van der Waals surface area contributed by atoms with Crippen LogP contribution in [0.5, 0.6) is 11.6 Å². The number of hydrogen-bond donors (Lipinski definition) is 1. The highest BCUT2D eigenvalue weighted by Crippen LogP contribution is 2.34. The Morgan fingerprint density at radius 2 is 1.66 bits per heavy atom. The number of piperazine rings is 1. The maximum Gasteiger partial charge on any atom is 0.232 e. The highest BCUT2D eigenvalue weighted by atomic mass is 32.2. The lowest BCUT2D eigenvalue weighted by molar-refractivity contribution is 0.122. The van der Waals surface area contributed by atoms with E-state index in [-0.39, 0.29) is 18.7 Å². The van der Waals surface area contributed by atoms with Crippen molar-refractivity contribution in [1.82, 2.24) is 39.3 Å². The first-order valence-corrected chi connectivity index (χ1v) is 20.3. The Balaban J connectivity index is 1.02. The molecule has 2 aliphatic heterocycles. The number of hydrogen-bond acceptors (Lipinski definition) is 14. The van der Waals surface area contributed by atoms with E-state index in [9.17, 15) is 8.42 Å². The molecule has 7 rings (SSSR count). The molecule has 0 amide bonds. The molecular formula is C36H51N11O5S. The minimum atomic E-state index is -3.66. The third kappa shape index (κ3) is 9.26. The van der Waals surface area contributed by atoms with E-state index in [0.29, 0.717) is 67.1 Å². The summed E-state index contributed by atoms with van der Waals surface area (Å²) in [6.07, 6.45) is 11.2. The van der Waals surface area contributed by atoms with E-state index in [0.717, 1.165) is 75.7 Å². The van der Waals surface area contributed by atoms with Crippen molar-refractivity contribution >= 4 is 38.4 Å². The second kappa shape index (κ2) is 16.4. The van der Waals surface area contributed by atoms with Crippen LogP contribution < -0.4 is 24.0 Å². The van der Waals surface area contributed by atoms with Gasteiger partial charge in [-0.15, -0.1) is 0 Å². The Kier molecular flexibility index (Phi) is 11.4. The van der Waals surface area contributed by atoms with E-state index in [1.54, 1.807) is 24.8 Å². The van der Waals surface area contributed by atoms with Crippen LogP contribution in [0.15, 0.2) is 36.9 Å². The molecule has 1 aliphatic carbocycles. The molecular weight excluding hydrogens is 699 g/mol. The number of aryl methyl sites for hydroxylation is 1. The number of morpholine rings is 1. The molecule has 0 radical (unpaired) electrons. The van der Waals surface area contributed by atoms with Crippen molar-refractivity contribution in [2.45, 2.75) is 51.3 Å². The zero-order valence-corrected chi connectivity index (χ0v) is 32.0. The quantitative estimate of drug-likeness (QED) is 0.213. The second-order valence-electron chi connectivity index (χ2n) is 14.2. The van der Waals surface area contributed by atoms with Crippen LogP contribution >= 0.6 is 0 Å². The summed E-state index contributed by atoms with van der Waals surface area (Å²) >= 11 is 0. The van der Waals surface area contributed by atoms with Crippen molar-refractivity contribution in [3.63, 3.8) is 0 Å². The summed E-state index contributed by atoms with van der Waals surface area (Å²) in [5, 5.41) is 4.15. The molecule has 1 saturated carbocycles. The van der Waals surface area contributed by atoms with Crippen LogP contribution in [0.4, 0.5) is 17.5 Å². The first-order chi connectivity index (χ1) is 25.6. The van der Waals surface area contributed by atoms with Gasteiger partial charge in [-0.3, -0.25) is 14.2 Å². The molecule has 3 fully saturated rings. The molecule has 4 aromatic rings. The number of anilines is 3. The topological polar surface area (TPSA) is 156 Å². The van der Waals surface area contributed by atoms with E-state index >= 15 is 0 Å². The molecule has 16 nitrogen and oxygen atoms in total. The summed E-state index contributed by atoms with van der Waals surface area (Å²) < 4.78 is 47.7. The van der Waals surface area contributed by atoms with Gasteiger partial charge in [0.25, 0.3) is 0 Å². The molecule has 2 saturated heterocycles. The van der Waals surface area contributed by atoms with E-state index in [1.165, 1.54) is 10.6 Å². The van der Waals surface area contributed by atoms with Crippen LogP contribution in [0.3, 0.4) is 0 Å². The molecule has 53 heavy (non-hydrogen) atoms. The summed E-state index contributed by atoms with van der Waals surface area (Å²) in [7, 11) is 0.372. The standard InChI is InChI=1S/C36H51N11O5S/c1-26-37-22-29(44(26)3)25-47(53(4,48)49)28-19-32-33(38-21-28)20-34(46-14-16-50-17-15-46)42-35(32)52-30-7-5-27(6-8-30)41-36-39-23-31(24-40-36)51-18-13-45-11-9-43(2)10-12-45/h19-24,27,30H,5-18,25H2,1-4H3,(H,39,40,41)/t27-,30+. The van der Waals surface area contributed by atoms with Gasteiger partial charge >= 0.3 is 0 Å². The zero-order valence-electron chi connectivity index (χ0n) is 31.1. The van der Waals surface area contributed by atoms with Gasteiger partial charge in [0.2, 0.25) is 21.9 Å². The lowest BCUT2D eigenvalue weighted by Crippen LogP contribution is -2.45. The zero-order chi connectivity index (χ0) is 37.0. The van der Waals surface area contributed by atoms with Crippen molar-refractivity contribution in [2.24, 2.45) is 7.05 Å². The minimum absolute atomic E-state index is 0.0761. The third-order valence-electron chi connectivity index (χ3n) is 10.4. The number of likely N-dealkylation sites (N-methyl/N-ethyl adjacent to an activating group) is 1. The van der Waals surface area contributed by atoms with Crippen LogP contribution in [0.2, 0.25) is 0 Å². The Bertz CT molecular complexity index is 1940.